The van der Waals surface area contributed by atoms with E-state index >= 15 is 8.78 Å². The maximum Gasteiger partial charge on any atom is 0.283 e. The summed E-state index contributed by atoms with van der Waals surface area (Å²) in [5.74, 6) is -0.0308. The predicted molar refractivity (Wildman–Crippen MR) is 259 cm³/mol. The third-order valence-electron chi connectivity index (χ3n) is 10.3. The van der Waals surface area contributed by atoms with Crippen molar-refractivity contribution < 1.29 is 31.5 Å². The molecule has 0 unspecified atom stereocenters. The van der Waals surface area contributed by atoms with Gasteiger partial charge in [-0.1, -0.05) is 76.7 Å². The summed E-state index contributed by atoms with van der Waals surface area (Å²) in [6.07, 6.45) is 3.44. The number of ether oxygens (including phenoxy) is 2. The number of benzene rings is 5. The molecule has 0 saturated carbocycles. The number of fused-ring (bicyclic) bond motifs is 1. The van der Waals surface area contributed by atoms with Crippen LogP contribution in [0.15, 0.2) is 123 Å². The van der Waals surface area contributed by atoms with Crippen LogP contribution in [0.3, 0.4) is 0 Å². The van der Waals surface area contributed by atoms with Crippen molar-refractivity contribution in [1.82, 2.24) is 30.4 Å². The zero-order valence-corrected chi connectivity index (χ0v) is 39.9. The Bertz CT molecular complexity index is 3680. The molecule has 346 valence electrons. The van der Waals surface area contributed by atoms with Crippen LogP contribution < -0.4 is 9.47 Å². The molecule has 0 N–H and O–H groups in total. The van der Waals surface area contributed by atoms with Gasteiger partial charge >= 0.3 is 0 Å². The molecule has 0 amide bonds. The Hall–Kier alpha value is -7.70. The summed E-state index contributed by atoms with van der Waals surface area (Å²) in [6, 6.07) is 30.1. The molecule has 0 fully saturated rings. The van der Waals surface area contributed by atoms with Crippen LogP contribution in [-0.2, 0) is 12.8 Å². The maximum absolute atomic E-state index is 15.4. The van der Waals surface area contributed by atoms with Crippen LogP contribution in [0.25, 0.3) is 44.0 Å². The quantitative estimate of drug-likeness (QED) is 0.119. The number of rotatable bonds is 11. The predicted octanol–water partition coefficient (Wildman–Crippen LogP) is 14.8. The van der Waals surface area contributed by atoms with Crippen molar-refractivity contribution in [3.63, 3.8) is 0 Å². The molecular weight excluding hydrogens is 1000 g/mol. The van der Waals surface area contributed by atoms with Crippen molar-refractivity contribution in [3.05, 3.63) is 186 Å². The number of thiazole rings is 1. The van der Waals surface area contributed by atoms with Crippen molar-refractivity contribution in [2.24, 2.45) is 0 Å². The van der Waals surface area contributed by atoms with Gasteiger partial charge in [0.1, 0.15) is 27.0 Å². The third-order valence-corrected chi connectivity index (χ3v) is 12.5. The largest absolute Gasteiger partial charge is 0.453 e. The molecule has 0 radical (unpaired) electrons. The van der Waals surface area contributed by atoms with Crippen LogP contribution in [0.2, 0.25) is 20.1 Å². The van der Waals surface area contributed by atoms with Gasteiger partial charge < -0.3 is 22.7 Å². The summed E-state index contributed by atoms with van der Waals surface area (Å²) >= 11 is 25.8. The zero-order valence-electron chi connectivity index (χ0n) is 36.1. The lowest BCUT2D eigenvalue weighted by atomic mass is 10.1. The Kier molecular flexibility index (Phi) is 13.9. The molecule has 5 aromatic heterocycles. The van der Waals surface area contributed by atoms with E-state index in [4.69, 9.17) is 79.7 Å². The van der Waals surface area contributed by atoms with Gasteiger partial charge in [0.05, 0.1) is 51.8 Å². The Morgan fingerprint density at radius 1 is 0.657 bits per heavy atom. The summed E-state index contributed by atoms with van der Waals surface area (Å²) in [7, 11) is 0. The first-order chi connectivity index (χ1) is 33.8. The molecule has 20 heteroatoms. The Labute approximate surface area is 420 Å². The molecule has 0 atom stereocenters. The number of hydrogen-bond donors (Lipinski definition) is 0. The van der Waals surface area contributed by atoms with E-state index in [-0.39, 0.29) is 95.9 Å². The van der Waals surface area contributed by atoms with Gasteiger partial charge in [-0.2, -0.15) is 10.5 Å². The van der Waals surface area contributed by atoms with Crippen LogP contribution >= 0.6 is 57.7 Å². The van der Waals surface area contributed by atoms with E-state index in [1.807, 2.05) is 62.4 Å². The van der Waals surface area contributed by atoms with Gasteiger partial charge in [0.15, 0.2) is 28.9 Å². The lowest BCUT2D eigenvalue weighted by molar-refractivity contribution is 0.436. The standard InChI is InChI=1S/C25H14Cl2FN5O2S.C25H14Cl2FN3O3/c1-13-23(36-25(31-13)16-3-2-6-30-12-16)24-33-32-20(35-24)9-15-4-5-19(27)22(21(15)28)34-18-8-14(11-29)7-17(26)10-18;1-13-18-4-2-3-5-20(18)33-23(13)25-31-30-21(34-25)10-15-6-7-19(27)24(22(15)28)32-17-9-14(12-29)8-16(26)11-17/h2-8,10,12H,9H2,1H3;2-9,11H,10H2,1H3. The zero-order chi connectivity index (χ0) is 49.1. The van der Waals surface area contributed by atoms with Crippen molar-refractivity contribution in [2.75, 3.05) is 0 Å². The minimum Gasteiger partial charge on any atom is -0.453 e. The number of aromatic nitrogens is 6. The Morgan fingerprint density at radius 2 is 1.23 bits per heavy atom. The molecule has 70 heavy (non-hydrogen) atoms. The summed E-state index contributed by atoms with van der Waals surface area (Å²) < 4.78 is 59.4. The average Bonchev–Trinajstić information content (AvgIpc) is 4.18. The topological polar surface area (TPSA) is 183 Å². The highest BCUT2D eigenvalue weighted by molar-refractivity contribution is 7.18. The second kappa shape index (κ2) is 20.5. The first-order valence-electron chi connectivity index (χ1n) is 20.6. The number of nitriles is 2. The monoisotopic (exact) mass is 1030 g/mol. The fourth-order valence-corrected chi connectivity index (χ4v) is 8.76. The van der Waals surface area contributed by atoms with Gasteiger partial charge in [-0.05, 0) is 80.6 Å². The van der Waals surface area contributed by atoms with Gasteiger partial charge in [-0.15, -0.1) is 31.7 Å². The smallest absolute Gasteiger partial charge is 0.283 e. The third kappa shape index (κ3) is 10.3. The van der Waals surface area contributed by atoms with E-state index in [2.05, 4.69) is 30.4 Å². The van der Waals surface area contributed by atoms with Crippen molar-refractivity contribution in [3.8, 4) is 68.1 Å². The number of para-hydroxylation sites is 1. The summed E-state index contributed by atoms with van der Waals surface area (Å²) in [5, 5.41) is 37.0. The van der Waals surface area contributed by atoms with Crippen LogP contribution in [0, 0.1) is 48.1 Å². The van der Waals surface area contributed by atoms with Crippen LogP contribution in [0.4, 0.5) is 8.78 Å². The second-order valence-electron chi connectivity index (χ2n) is 15.1. The van der Waals surface area contributed by atoms with Crippen molar-refractivity contribution >= 4 is 68.7 Å². The summed E-state index contributed by atoms with van der Waals surface area (Å²) in [5.41, 5.74) is 4.22. The number of aryl methyl sites for hydroxylation is 2. The minimum atomic E-state index is -0.689. The highest BCUT2D eigenvalue weighted by atomic mass is 35.5. The molecule has 10 aromatic rings. The molecule has 5 aromatic carbocycles. The summed E-state index contributed by atoms with van der Waals surface area (Å²) in [6.45, 7) is 3.76. The Morgan fingerprint density at radius 3 is 1.79 bits per heavy atom. The number of nitrogens with zero attached hydrogens (tertiary/aromatic N) is 8. The number of furan rings is 1. The van der Waals surface area contributed by atoms with Gasteiger partial charge in [-0.3, -0.25) is 4.98 Å². The van der Waals surface area contributed by atoms with Gasteiger partial charge in [0, 0.05) is 50.1 Å². The van der Waals surface area contributed by atoms with E-state index in [9.17, 15) is 0 Å². The summed E-state index contributed by atoms with van der Waals surface area (Å²) in [4.78, 5) is 9.42. The van der Waals surface area contributed by atoms with E-state index in [0.717, 1.165) is 32.1 Å². The molecule has 13 nitrogen and oxygen atoms in total. The molecule has 10 rings (SSSR count). The average molecular weight is 1030 g/mol. The van der Waals surface area contributed by atoms with Crippen molar-refractivity contribution in [1.29, 1.82) is 10.5 Å². The van der Waals surface area contributed by atoms with Crippen LogP contribution in [0.5, 0.6) is 23.0 Å². The van der Waals surface area contributed by atoms with Crippen LogP contribution in [0.1, 0.15) is 45.3 Å². The molecular formula is C50H28Cl4F2N8O5S. The molecule has 0 aliphatic carbocycles. The lowest BCUT2D eigenvalue weighted by Gasteiger charge is -2.11. The minimum absolute atomic E-state index is 0.00459. The lowest BCUT2D eigenvalue weighted by Crippen LogP contribution is -1.98. The number of pyridine rings is 1. The normalized spacial score (nSPS) is 10.9. The first kappa shape index (κ1) is 47.4. The van der Waals surface area contributed by atoms with E-state index < -0.39 is 11.6 Å². The molecule has 0 spiro atoms. The highest BCUT2D eigenvalue weighted by Gasteiger charge is 2.23. The molecule has 0 bridgehead atoms. The highest BCUT2D eigenvalue weighted by Crippen LogP contribution is 2.39. The fourth-order valence-electron chi connectivity index (χ4n) is 6.96. The van der Waals surface area contributed by atoms with Gasteiger partial charge in [0.2, 0.25) is 11.8 Å². The SMILES string of the molecule is Cc1c(-c2nnc(Cc3ccc(Cl)c(Oc4cc(Cl)cc(C#N)c4)c3F)o2)oc2ccccc12.Cc1nc(-c2cccnc2)sc1-c1nnc(Cc2ccc(Cl)c(Oc3cc(Cl)cc(C#N)c3)c2F)o1. The van der Waals surface area contributed by atoms with E-state index in [1.54, 1.807) is 12.4 Å². The van der Waals surface area contributed by atoms with Crippen LogP contribution in [-0.4, -0.2) is 30.4 Å². The maximum atomic E-state index is 15.4. The Balaban J connectivity index is 0.000000174. The first-order valence-corrected chi connectivity index (χ1v) is 22.9. The van der Waals surface area contributed by atoms with Crippen molar-refractivity contribution in [2.45, 2.75) is 26.7 Å². The fraction of sp³-hybridized carbons (Fsp3) is 0.0800. The van der Waals surface area contributed by atoms with E-state index in [1.165, 1.54) is 72.0 Å². The number of halogens is 6. The molecule has 0 aliphatic rings. The van der Waals surface area contributed by atoms with Gasteiger partial charge in [0.25, 0.3) is 11.8 Å². The molecule has 0 aliphatic heterocycles. The van der Waals surface area contributed by atoms with E-state index in [0.29, 0.717) is 17.2 Å². The van der Waals surface area contributed by atoms with Gasteiger partial charge in [-0.25, -0.2) is 13.8 Å². The molecule has 5 heterocycles. The molecule has 0 saturated heterocycles. The number of hydrogen-bond acceptors (Lipinski definition) is 14. The second-order valence-corrected chi connectivity index (χ2v) is 17.7.